The van der Waals surface area contributed by atoms with Crippen molar-refractivity contribution in [2.45, 2.75) is 53.1 Å². The maximum atomic E-state index is 12.0. The molecule has 1 aromatic rings. The number of imidazole rings is 1. The largest absolute Gasteiger partial charge is 0.345 e. The molecule has 0 aliphatic rings. The summed E-state index contributed by atoms with van der Waals surface area (Å²) >= 11 is 0. The Kier molecular flexibility index (Phi) is 5.86. The second-order valence-electron chi connectivity index (χ2n) is 5.69. The zero-order valence-electron chi connectivity index (χ0n) is 12.7. The number of aromatic nitrogens is 2. The fraction of sp³-hybridized carbons (Fsp3) is 0.714. The van der Waals surface area contributed by atoms with E-state index in [1.54, 1.807) is 18.1 Å². The first-order valence-electron chi connectivity index (χ1n) is 6.90. The van der Waals surface area contributed by atoms with Gasteiger partial charge < -0.3 is 15.2 Å². The molecule has 0 aliphatic heterocycles. The van der Waals surface area contributed by atoms with E-state index >= 15 is 0 Å². The van der Waals surface area contributed by atoms with Gasteiger partial charge in [-0.15, -0.1) is 0 Å². The molecule has 1 heterocycles. The summed E-state index contributed by atoms with van der Waals surface area (Å²) < 4.78 is 0. The normalized spacial score (nSPS) is 12.5. The van der Waals surface area contributed by atoms with E-state index in [0.717, 1.165) is 24.4 Å². The highest BCUT2D eigenvalue weighted by atomic mass is 16.2. The fourth-order valence-corrected chi connectivity index (χ4v) is 1.82. The van der Waals surface area contributed by atoms with Crippen molar-refractivity contribution in [3.63, 3.8) is 0 Å². The van der Waals surface area contributed by atoms with Crippen LogP contribution in [0.1, 0.15) is 45.1 Å². The predicted octanol–water partition coefficient (Wildman–Crippen LogP) is 2.68. The number of H-pyrrole nitrogens is 1. The molecule has 0 aromatic carbocycles. The zero-order valence-corrected chi connectivity index (χ0v) is 12.7. The highest BCUT2D eigenvalue weighted by molar-refractivity contribution is 5.74. The lowest BCUT2D eigenvalue weighted by molar-refractivity contribution is 0.201. The number of urea groups is 1. The lowest BCUT2D eigenvalue weighted by atomic mass is 10.0. The molecular weight excluding hydrogens is 240 g/mol. The standard InChI is InChI=1S/C14H26N4O/c1-10(2)6-7-11(3)17-14(19)18(5)9-13-15-8-12(4)16-13/h8,10-11H,6-7,9H2,1-5H3,(H,15,16)(H,17,19). The molecule has 1 unspecified atom stereocenters. The predicted molar refractivity (Wildman–Crippen MR) is 76.9 cm³/mol. The van der Waals surface area contributed by atoms with E-state index < -0.39 is 0 Å². The molecule has 5 nitrogen and oxygen atoms in total. The lowest BCUT2D eigenvalue weighted by Crippen LogP contribution is -2.41. The van der Waals surface area contributed by atoms with Crippen LogP contribution in [0.25, 0.3) is 0 Å². The summed E-state index contributed by atoms with van der Waals surface area (Å²) in [6, 6.07) is 0.154. The summed E-state index contributed by atoms with van der Waals surface area (Å²) in [4.78, 5) is 20.9. The fourth-order valence-electron chi connectivity index (χ4n) is 1.82. The molecule has 0 spiro atoms. The zero-order chi connectivity index (χ0) is 14.4. The van der Waals surface area contributed by atoms with Crippen molar-refractivity contribution in [3.05, 3.63) is 17.7 Å². The number of nitrogens with zero attached hydrogens (tertiary/aromatic N) is 2. The monoisotopic (exact) mass is 266 g/mol. The Bertz CT molecular complexity index is 400. The van der Waals surface area contributed by atoms with Gasteiger partial charge in [0.1, 0.15) is 5.82 Å². The third kappa shape index (κ3) is 5.77. The molecule has 5 heteroatoms. The molecule has 0 saturated heterocycles. The number of aromatic amines is 1. The van der Waals surface area contributed by atoms with Gasteiger partial charge >= 0.3 is 6.03 Å². The minimum absolute atomic E-state index is 0.0506. The Labute approximate surface area is 115 Å². The van der Waals surface area contributed by atoms with E-state index in [0.29, 0.717) is 12.5 Å². The number of rotatable bonds is 6. The van der Waals surface area contributed by atoms with Crippen molar-refractivity contribution in [2.24, 2.45) is 5.92 Å². The first kappa shape index (κ1) is 15.5. The average molecular weight is 266 g/mol. The molecule has 108 valence electrons. The highest BCUT2D eigenvalue weighted by Crippen LogP contribution is 2.07. The molecule has 0 fully saturated rings. The van der Waals surface area contributed by atoms with Crippen LogP contribution in [0.5, 0.6) is 0 Å². The molecule has 0 saturated carbocycles. The van der Waals surface area contributed by atoms with Gasteiger partial charge in [0.25, 0.3) is 0 Å². The number of aryl methyl sites for hydroxylation is 1. The van der Waals surface area contributed by atoms with Crippen LogP contribution in [0.4, 0.5) is 4.79 Å². The van der Waals surface area contributed by atoms with Crippen molar-refractivity contribution in [3.8, 4) is 0 Å². The SMILES string of the molecule is Cc1cnc(CN(C)C(=O)NC(C)CCC(C)C)[nH]1. The third-order valence-electron chi connectivity index (χ3n) is 3.04. The van der Waals surface area contributed by atoms with Crippen molar-refractivity contribution in [1.82, 2.24) is 20.2 Å². The van der Waals surface area contributed by atoms with Gasteiger partial charge in [0.2, 0.25) is 0 Å². The second-order valence-corrected chi connectivity index (χ2v) is 5.69. The maximum Gasteiger partial charge on any atom is 0.317 e. The summed E-state index contributed by atoms with van der Waals surface area (Å²) in [5, 5.41) is 3.01. The van der Waals surface area contributed by atoms with E-state index in [9.17, 15) is 4.79 Å². The van der Waals surface area contributed by atoms with Gasteiger partial charge in [-0.25, -0.2) is 9.78 Å². The Morgan fingerprint density at radius 3 is 2.63 bits per heavy atom. The number of carbonyl (C=O) groups is 1. The Balaban J connectivity index is 2.35. The molecule has 19 heavy (non-hydrogen) atoms. The smallest absolute Gasteiger partial charge is 0.317 e. The van der Waals surface area contributed by atoms with Crippen LogP contribution in [0.2, 0.25) is 0 Å². The van der Waals surface area contributed by atoms with Crippen molar-refractivity contribution < 1.29 is 4.79 Å². The van der Waals surface area contributed by atoms with Gasteiger partial charge in [-0.2, -0.15) is 0 Å². The second kappa shape index (κ2) is 7.16. The molecule has 0 aliphatic carbocycles. The van der Waals surface area contributed by atoms with Gasteiger partial charge in [0, 0.05) is 25.0 Å². The van der Waals surface area contributed by atoms with Crippen LogP contribution in [0.3, 0.4) is 0 Å². The minimum atomic E-state index is -0.0506. The van der Waals surface area contributed by atoms with Crippen LogP contribution < -0.4 is 5.32 Å². The van der Waals surface area contributed by atoms with Gasteiger partial charge in [-0.1, -0.05) is 13.8 Å². The topological polar surface area (TPSA) is 61.0 Å². The molecule has 1 aromatic heterocycles. The number of nitrogens with one attached hydrogen (secondary N) is 2. The average Bonchev–Trinajstić information content (AvgIpc) is 2.72. The van der Waals surface area contributed by atoms with Crippen LogP contribution >= 0.6 is 0 Å². The molecular formula is C14H26N4O. The summed E-state index contributed by atoms with van der Waals surface area (Å²) in [5.41, 5.74) is 1.01. The number of amides is 2. The van der Waals surface area contributed by atoms with Gasteiger partial charge in [0.05, 0.1) is 6.54 Å². The van der Waals surface area contributed by atoms with E-state index in [1.807, 2.05) is 13.8 Å². The van der Waals surface area contributed by atoms with Gasteiger partial charge in [0.15, 0.2) is 0 Å². The molecule has 2 N–H and O–H groups in total. The van der Waals surface area contributed by atoms with Crippen molar-refractivity contribution in [1.29, 1.82) is 0 Å². The van der Waals surface area contributed by atoms with Crippen LogP contribution in [0, 0.1) is 12.8 Å². The van der Waals surface area contributed by atoms with Crippen molar-refractivity contribution >= 4 is 6.03 Å². The van der Waals surface area contributed by atoms with Gasteiger partial charge in [-0.3, -0.25) is 0 Å². The molecule has 1 atom stereocenters. The van der Waals surface area contributed by atoms with E-state index in [2.05, 4.69) is 29.1 Å². The molecule has 0 bridgehead atoms. The Morgan fingerprint density at radius 2 is 2.11 bits per heavy atom. The highest BCUT2D eigenvalue weighted by Gasteiger charge is 2.13. The summed E-state index contributed by atoms with van der Waals surface area (Å²) in [6.07, 6.45) is 3.91. The quantitative estimate of drug-likeness (QED) is 0.831. The molecule has 2 amide bonds. The number of hydrogen-bond donors (Lipinski definition) is 2. The Morgan fingerprint density at radius 1 is 1.42 bits per heavy atom. The summed E-state index contributed by atoms with van der Waals surface area (Å²) in [7, 11) is 1.78. The first-order valence-corrected chi connectivity index (χ1v) is 6.90. The van der Waals surface area contributed by atoms with Crippen LogP contribution in [-0.4, -0.2) is 34.0 Å². The van der Waals surface area contributed by atoms with Crippen LogP contribution in [-0.2, 0) is 6.54 Å². The van der Waals surface area contributed by atoms with E-state index in [-0.39, 0.29) is 12.1 Å². The molecule has 1 rings (SSSR count). The van der Waals surface area contributed by atoms with E-state index in [1.165, 1.54) is 0 Å². The summed E-state index contributed by atoms with van der Waals surface area (Å²) in [5.74, 6) is 1.48. The third-order valence-corrected chi connectivity index (χ3v) is 3.04. The molecule has 0 radical (unpaired) electrons. The van der Waals surface area contributed by atoms with Crippen molar-refractivity contribution in [2.75, 3.05) is 7.05 Å². The van der Waals surface area contributed by atoms with E-state index in [4.69, 9.17) is 0 Å². The summed E-state index contributed by atoms with van der Waals surface area (Å²) in [6.45, 7) is 8.88. The maximum absolute atomic E-state index is 12.0. The number of hydrogen-bond acceptors (Lipinski definition) is 2. The first-order chi connectivity index (χ1) is 8.88. The minimum Gasteiger partial charge on any atom is -0.345 e. The number of carbonyl (C=O) groups excluding carboxylic acids is 1. The van der Waals surface area contributed by atoms with Gasteiger partial charge in [-0.05, 0) is 32.6 Å². The van der Waals surface area contributed by atoms with Crippen LogP contribution in [0.15, 0.2) is 6.20 Å². The lowest BCUT2D eigenvalue weighted by Gasteiger charge is -2.21. The Hall–Kier alpha value is -1.52.